The van der Waals surface area contributed by atoms with Gasteiger partial charge in [-0.15, -0.1) is 11.3 Å². The van der Waals surface area contributed by atoms with E-state index in [4.69, 9.17) is 0 Å². The summed E-state index contributed by atoms with van der Waals surface area (Å²) in [6.07, 6.45) is 1.44. The number of aromatic nitrogens is 2. The van der Waals surface area contributed by atoms with Gasteiger partial charge in [-0.05, 0) is 23.9 Å². The van der Waals surface area contributed by atoms with E-state index in [2.05, 4.69) is 9.97 Å². The van der Waals surface area contributed by atoms with Gasteiger partial charge in [-0.2, -0.15) is 0 Å². The molecule has 0 radical (unpaired) electrons. The zero-order valence-electron chi connectivity index (χ0n) is 7.46. The summed E-state index contributed by atoms with van der Waals surface area (Å²) < 4.78 is 0. The molecule has 5 heteroatoms. The van der Waals surface area contributed by atoms with Gasteiger partial charge in [0.15, 0.2) is 0 Å². The van der Waals surface area contributed by atoms with Crippen molar-refractivity contribution >= 4 is 11.3 Å². The van der Waals surface area contributed by atoms with Gasteiger partial charge in [0.2, 0.25) is 0 Å². The van der Waals surface area contributed by atoms with Crippen LogP contribution in [0.25, 0.3) is 10.4 Å². The fraction of sp³-hybridized carbons (Fsp3) is 0.111. The zero-order chi connectivity index (χ0) is 10.1. The fourth-order valence-electron chi connectivity index (χ4n) is 1.23. The maximum Gasteiger partial charge on any atom is 0.325 e. The van der Waals surface area contributed by atoms with Crippen molar-refractivity contribution in [2.75, 3.05) is 0 Å². The van der Waals surface area contributed by atoms with Gasteiger partial charge in [0.05, 0.1) is 5.56 Å². The van der Waals surface area contributed by atoms with E-state index in [1.165, 1.54) is 17.5 Å². The van der Waals surface area contributed by atoms with Gasteiger partial charge >= 0.3 is 5.69 Å². The van der Waals surface area contributed by atoms with Crippen LogP contribution < -0.4 is 11.2 Å². The summed E-state index contributed by atoms with van der Waals surface area (Å²) in [4.78, 5) is 27.7. The van der Waals surface area contributed by atoms with E-state index >= 15 is 0 Å². The number of hydrogen-bond acceptors (Lipinski definition) is 3. The quantitative estimate of drug-likeness (QED) is 0.737. The van der Waals surface area contributed by atoms with Crippen LogP contribution >= 0.6 is 11.3 Å². The molecule has 4 nitrogen and oxygen atoms in total. The fourth-order valence-corrected chi connectivity index (χ4v) is 2.17. The van der Waals surface area contributed by atoms with E-state index in [0.717, 1.165) is 10.4 Å². The van der Waals surface area contributed by atoms with E-state index in [1.54, 1.807) is 0 Å². The summed E-state index contributed by atoms with van der Waals surface area (Å²) in [5.41, 5.74) is 0.719. The van der Waals surface area contributed by atoms with Gasteiger partial charge in [0, 0.05) is 11.1 Å². The van der Waals surface area contributed by atoms with E-state index in [9.17, 15) is 9.59 Å². The standard InChI is InChI=1S/C9H8N2O2S/c1-5-2-3-14-7(5)6-4-10-9(13)11-8(6)12/h2-4H,1H3,(H2,10,11,12,13). The van der Waals surface area contributed by atoms with Crippen molar-refractivity contribution in [3.8, 4) is 10.4 Å². The lowest BCUT2D eigenvalue weighted by atomic mass is 10.2. The Morgan fingerprint density at radius 1 is 1.36 bits per heavy atom. The molecule has 2 aromatic rings. The third-order valence-corrected chi connectivity index (χ3v) is 2.98. The van der Waals surface area contributed by atoms with Crippen molar-refractivity contribution in [2.45, 2.75) is 6.92 Å². The summed E-state index contributed by atoms with van der Waals surface area (Å²) in [6, 6.07) is 1.94. The molecule has 0 unspecified atom stereocenters. The number of H-pyrrole nitrogens is 2. The molecule has 0 saturated heterocycles. The Kier molecular flexibility index (Phi) is 2.09. The second-order valence-corrected chi connectivity index (χ2v) is 3.83. The normalized spacial score (nSPS) is 10.4. The van der Waals surface area contributed by atoms with Gasteiger partial charge < -0.3 is 4.98 Å². The van der Waals surface area contributed by atoms with Crippen molar-refractivity contribution in [1.82, 2.24) is 9.97 Å². The number of aryl methyl sites for hydroxylation is 1. The first kappa shape index (κ1) is 8.96. The third kappa shape index (κ3) is 1.42. The highest BCUT2D eigenvalue weighted by atomic mass is 32.1. The molecule has 2 rings (SSSR count). The van der Waals surface area contributed by atoms with Gasteiger partial charge in [0.25, 0.3) is 5.56 Å². The van der Waals surface area contributed by atoms with Crippen molar-refractivity contribution in [2.24, 2.45) is 0 Å². The highest BCUT2D eigenvalue weighted by Gasteiger charge is 2.07. The second-order valence-electron chi connectivity index (χ2n) is 2.92. The number of aromatic amines is 2. The van der Waals surface area contributed by atoms with Crippen LogP contribution in [0.5, 0.6) is 0 Å². The highest BCUT2D eigenvalue weighted by molar-refractivity contribution is 7.13. The van der Waals surface area contributed by atoms with Gasteiger partial charge in [0.1, 0.15) is 0 Å². The van der Waals surface area contributed by atoms with Crippen LogP contribution in [-0.2, 0) is 0 Å². The monoisotopic (exact) mass is 208 g/mol. The molecule has 0 aromatic carbocycles. The number of rotatable bonds is 1. The molecule has 72 valence electrons. The number of thiophene rings is 1. The predicted molar refractivity (Wildman–Crippen MR) is 55.7 cm³/mol. The minimum atomic E-state index is -0.479. The zero-order valence-corrected chi connectivity index (χ0v) is 8.27. The molecule has 0 aliphatic rings. The van der Waals surface area contributed by atoms with Gasteiger partial charge in [-0.3, -0.25) is 9.78 Å². The molecule has 2 aromatic heterocycles. The van der Waals surface area contributed by atoms with Crippen LogP contribution in [0.4, 0.5) is 0 Å². The Labute approximate surface area is 83.3 Å². The van der Waals surface area contributed by atoms with Crippen molar-refractivity contribution in [3.63, 3.8) is 0 Å². The minimum absolute atomic E-state index is 0.348. The van der Waals surface area contributed by atoms with E-state index in [0.29, 0.717) is 5.56 Å². The Hall–Kier alpha value is -1.62. The molecule has 0 aliphatic carbocycles. The van der Waals surface area contributed by atoms with E-state index in [-0.39, 0.29) is 5.56 Å². The number of nitrogens with one attached hydrogen (secondary N) is 2. The van der Waals surface area contributed by atoms with Gasteiger partial charge in [-0.25, -0.2) is 4.79 Å². The van der Waals surface area contributed by atoms with Crippen molar-refractivity contribution < 1.29 is 0 Å². The lowest BCUT2D eigenvalue weighted by Gasteiger charge is -1.96. The highest BCUT2D eigenvalue weighted by Crippen LogP contribution is 2.24. The number of hydrogen-bond donors (Lipinski definition) is 2. The summed E-state index contributed by atoms with van der Waals surface area (Å²) in [7, 11) is 0. The SMILES string of the molecule is Cc1ccsc1-c1c[nH]c(=O)[nH]c1=O. The summed E-state index contributed by atoms with van der Waals surface area (Å²) in [5, 5.41) is 1.91. The Morgan fingerprint density at radius 3 is 2.71 bits per heavy atom. The molecule has 0 spiro atoms. The largest absolute Gasteiger partial charge is 0.325 e. The second kappa shape index (κ2) is 3.26. The van der Waals surface area contributed by atoms with Crippen LogP contribution in [0.15, 0.2) is 27.2 Å². The summed E-state index contributed by atoms with van der Waals surface area (Å²) >= 11 is 1.48. The van der Waals surface area contributed by atoms with Crippen LogP contribution in [-0.4, -0.2) is 9.97 Å². The summed E-state index contributed by atoms with van der Waals surface area (Å²) in [6.45, 7) is 1.93. The molecule has 0 aliphatic heterocycles. The van der Waals surface area contributed by atoms with Gasteiger partial charge in [-0.1, -0.05) is 0 Å². The maximum absolute atomic E-state index is 11.4. The van der Waals surface area contributed by atoms with Crippen molar-refractivity contribution in [1.29, 1.82) is 0 Å². The molecule has 2 heterocycles. The summed E-state index contributed by atoms with van der Waals surface area (Å²) in [5.74, 6) is 0. The molecule has 0 saturated carbocycles. The molecule has 0 bridgehead atoms. The topological polar surface area (TPSA) is 65.7 Å². The Balaban J connectivity index is 2.70. The van der Waals surface area contributed by atoms with Crippen LogP contribution in [0.1, 0.15) is 5.56 Å². The first-order valence-corrected chi connectivity index (χ1v) is 4.93. The molecule has 0 fully saturated rings. The first-order chi connectivity index (χ1) is 6.68. The van der Waals surface area contributed by atoms with Crippen LogP contribution in [0.2, 0.25) is 0 Å². The van der Waals surface area contributed by atoms with E-state index < -0.39 is 5.69 Å². The lowest BCUT2D eigenvalue weighted by molar-refractivity contribution is 1.04. The molecule has 2 N–H and O–H groups in total. The van der Waals surface area contributed by atoms with Crippen LogP contribution in [0, 0.1) is 6.92 Å². The molecule has 0 atom stereocenters. The molecular weight excluding hydrogens is 200 g/mol. The first-order valence-electron chi connectivity index (χ1n) is 4.05. The Morgan fingerprint density at radius 2 is 2.14 bits per heavy atom. The van der Waals surface area contributed by atoms with Crippen molar-refractivity contribution in [3.05, 3.63) is 44.0 Å². The van der Waals surface area contributed by atoms with Crippen LogP contribution in [0.3, 0.4) is 0 Å². The smallest absolute Gasteiger partial charge is 0.313 e. The average Bonchev–Trinajstić information content (AvgIpc) is 2.52. The lowest BCUT2D eigenvalue weighted by Crippen LogP contribution is -2.22. The third-order valence-electron chi connectivity index (χ3n) is 1.93. The average molecular weight is 208 g/mol. The maximum atomic E-state index is 11.4. The molecule has 14 heavy (non-hydrogen) atoms. The molecular formula is C9H8N2O2S. The molecule has 0 amide bonds. The van der Waals surface area contributed by atoms with E-state index in [1.807, 2.05) is 18.4 Å². The Bertz CT molecular complexity index is 564. The predicted octanol–water partition coefficient (Wildman–Crippen LogP) is 1.10. The minimum Gasteiger partial charge on any atom is -0.313 e.